The molecule has 2 aliphatic rings. The molecule has 8 nitrogen and oxygen atoms in total. The van der Waals surface area contributed by atoms with Crippen LogP contribution in [0.4, 0.5) is 11.5 Å². The number of methoxy groups -OCH3 is 1. The third-order valence-corrected chi connectivity index (χ3v) is 6.76. The van der Waals surface area contributed by atoms with Gasteiger partial charge in [0.1, 0.15) is 5.82 Å². The molecule has 6 rings (SSSR count). The lowest BCUT2D eigenvalue weighted by Crippen LogP contribution is -2.47. The molecular weight excluding hydrogens is 432 g/mol. The Balaban J connectivity index is 1.17. The fraction of sp³-hybridized carbons (Fsp3) is 0.269. The molecule has 34 heavy (non-hydrogen) atoms. The first-order chi connectivity index (χ1) is 16.6. The highest BCUT2D eigenvalue weighted by atomic mass is 16.5. The first-order valence-corrected chi connectivity index (χ1v) is 11.4. The van der Waals surface area contributed by atoms with Crippen molar-refractivity contribution in [1.82, 2.24) is 9.55 Å². The smallest absolute Gasteiger partial charge is 0.291 e. The van der Waals surface area contributed by atoms with Crippen LogP contribution < -0.4 is 20.5 Å². The fourth-order valence-electron chi connectivity index (χ4n) is 5.23. The third kappa shape index (κ3) is 3.51. The number of nitrogens with one attached hydrogen (secondary N) is 1. The average molecular weight is 457 g/mol. The van der Waals surface area contributed by atoms with Gasteiger partial charge in [0, 0.05) is 42.7 Å². The molecule has 8 heteroatoms. The topological polar surface area (TPSA) is 89.6 Å². The fourth-order valence-corrected chi connectivity index (χ4v) is 5.23. The number of carbonyl (C=O) groups excluding carboxylic acids is 1. The van der Waals surface area contributed by atoms with Gasteiger partial charge in [-0.1, -0.05) is 18.2 Å². The molecule has 0 saturated carbocycles. The van der Waals surface area contributed by atoms with E-state index in [1.807, 2.05) is 34.9 Å². The summed E-state index contributed by atoms with van der Waals surface area (Å²) in [5.41, 5.74) is 2.33. The normalized spacial score (nSPS) is 19.0. The number of piperidine rings is 1. The molecule has 3 aromatic heterocycles. The van der Waals surface area contributed by atoms with Crippen molar-refractivity contribution in [2.45, 2.75) is 18.9 Å². The van der Waals surface area contributed by atoms with Crippen LogP contribution >= 0.6 is 0 Å². The Bertz CT molecular complexity index is 1440. The maximum atomic E-state index is 12.7. The summed E-state index contributed by atoms with van der Waals surface area (Å²) in [4.78, 5) is 31.9. The zero-order chi connectivity index (χ0) is 23.2. The Labute approximate surface area is 195 Å². The molecule has 2 bridgehead atoms. The van der Waals surface area contributed by atoms with Crippen molar-refractivity contribution in [1.29, 1.82) is 0 Å². The minimum atomic E-state index is -0.345. The quantitative estimate of drug-likeness (QED) is 0.501. The number of anilines is 2. The van der Waals surface area contributed by atoms with Crippen molar-refractivity contribution in [2.75, 3.05) is 30.4 Å². The first kappa shape index (κ1) is 20.5. The highest BCUT2D eigenvalue weighted by molar-refractivity contribution is 6.05. The maximum Gasteiger partial charge on any atom is 0.291 e. The van der Waals surface area contributed by atoms with Crippen LogP contribution in [0.1, 0.15) is 28.6 Å². The highest BCUT2D eigenvalue weighted by Gasteiger charge is 2.34. The van der Waals surface area contributed by atoms with Gasteiger partial charge >= 0.3 is 0 Å². The Kier molecular flexibility index (Phi) is 4.86. The van der Waals surface area contributed by atoms with E-state index in [4.69, 9.17) is 9.15 Å². The predicted octanol–water partition coefficient (Wildman–Crippen LogP) is 3.87. The minimum absolute atomic E-state index is 0.0850. The number of benzene rings is 1. The number of carbonyl (C=O) groups is 1. The Morgan fingerprint density at radius 2 is 2.00 bits per heavy atom. The summed E-state index contributed by atoms with van der Waals surface area (Å²) in [5, 5.41) is 3.66. The van der Waals surface area contributed by atoms with E-state index in [1.54, 1.807) is 31.5 Å². The molecule has 1 fully saturated rings. The Morgan fingerprint density at radius 3 is 2.82 bits per heavy atom. The number of rotatable bonds is 4. The van der Waals surface area contributed by atoms with E-state index in [1.165, 1.54) is 0 Å². The summed E-state index contributed by atoms with van der Waals surface area (Å²) in [7, 11) is 1.57. The van der Waals surface area contributed by atoms with E-state index in [9.17, 15) is 9.59 Å². The van der Waals surface area contributed by atoms with Crippen LogP contribution in [0.2, 0.25) is 0 Å². The number of para-hydroxylation sites is 1. The zero-order valence-electron chi connectivity index (χ0n) is 18.7. The minimum Gasteiger partial charge on any atom is -0.493 e. The van der Waals surface area contributed by atoms with Crippen LogP contribution in [-0.2, 0) is 6.54 Å². The van der Waals surface area contributed by atoms with Gasteiger partial charge in [0.25, 0.3) is 11.5 Å². The van der Waals surface area contributed by atoms with Gasteiger partial charge in [0.05, 0.1) is 19.0 Å². The van der Waals surface area contributed by atoms with Gasteiger partial charge in [-0.3, -0.25) is 9.59 Å². The van der Waals surface area contributed by atoms with E-state index in [2.05, 4.69) is 21.3 Å². The number of hydrogen-bond acceptors (Lipinski definition) is 6. The predicted molar refractivity (Wildman–Crippen MR) is 129 cm³/mol. The molecule has 5 heterocycles. The summed E-state index contributed by atoms with van der Waals surface area (Å²) in [6, 6.07) is 16.5. The molecule has 1 aromatic carbocycles. The molecule has 1 N–H and O–H groups in total. The second-order valence-electron chi connectivity index (χ2n) is 8.95. The van der Waals surface area contributed by atoms with Gasteiger partial charge in [-0.2, -0.15) is 0 Å². The molecule has 4 aromatic rings. The van der Waals surface area contributed by atoms with Crippen LogP contribution in [0.5, 0.6) is 5.75 Å². The van der Waals surface area contributed by atoms with Crippen LogP contribution in [0.3, 0.4) is 0 Å². The van der Waals surface area contributed by atoms with Crippen LogP contribution in [0.15, 0.2) is 70.0 Å². The molecule has 172 valence electrons. The molecule has 0 spiro atoms. The monoisotopic (exact) mass is 456 g/mol. The number of nitrogens with zero attached hydrogens (tertiary/aromatic N) is 3. The van der Waals surface area contributed by atoms with Crippen molar-refractivity contribution in [3.8, 4) is 5.75 Å². The number of hydrogen-bond donors (Lipinski definition) is 1. The standard InChI is InChI=1S/C26H24N4O4/c1-33-21-6-2-4-17-11-22(34-25(17)21)26(32)28-19-8-9-23(27-12-19)29-13-16-10-18(15-29)20-5-3-7-24(31)30(20)14-16/h2-9,11-12,16,18H,10,13-15H2,1H3,(H,28,32)/t16-,18+/m0/s1. The number of fused-ring (bicyclic) bond motifs is 5. The highest BCUT2D eigenvalue weighted by Crippen LogP contribution is 2.36. The van der Waals surface area contributed by atoms with Crippen molar-refractivity contribution in [3.63, 3.8) is 0 Å². The van der Waals surface area contributed by atoms with Gasteiger partial charge in [-0.05, 0) is 42.7 Å². The van der Waals surface area contributed by atoms with Crippen LogP contribution in [-0.4, -0.2) is 35.7 Å². The third-order valence-electron chi connectivity index (χ3n) is 6.76. The van der Waals surface area contributed by atoms with Gasteiger partial charge < -0.3 is 23.9 Å². The number of aromatic nitrogens is 2. The summed E-state index contributed by atoms with van der Waals surface area (Å²) in [5.74, 6) is 2.04. The second-order valence-corrected chi connectivity index (χ2v) is 8.95. The van der Waals surface area contributed by atoms with Gasteiger partial charge in [0.15, 0.2) is 17.1 Å². The van der Waals surface area contributed by atoms with Crippen LogP contribution in [0.25, 0.3) is 11.0 Å². The summed E-state index contributed by atoms with van der Waals surface area (Å²) in [6.07, 6.45) is 2.76. The number of amides is 1. The van der Waals surface area contributed by atoms with Crippen molar-refractivity contribution >= 4 is 28.4 Å². The molecule has 0 unspecified atom stereocenters. The molecule has 1 saturated heterocycles. The Morgan fingerprint density at radius 1 is 1.12 bits per heavy atom. The molecule has 2 aliphatic heterocycles. The average Bonchev–Trinajstić information content (AvgIpc) is 3.30. The molecular formula is C26H24N4O4. The summed E-state index contributed by atoms with van der Waals surface area (Å²) < 4.78 is 13.0. The number of pyridine rings is 2. The van der Waals surface area contributed by atoms with E-state index in [-0.39, 0.29) is 17.2 Å². The van der Waals surface area contributed by atoms with Crippen molar-refractivity contribution in [3.05, 3.63) is 82.6 Å². The van der Waals surface area contributed by atoms with E-state index < -0.39 is 0 Å². The number of furan rings is 1. The summed E-state index contributed by atoms with van der Waals surface area (Å²) in [6.45, 7) is 2.43. The first-order valence-electron chi connectivity index (χ1n) is 11.4. The van der Waals surface area contributed by atoms with E-state index in [0.717, 1.165) is 43.0 Å². The second kappa shape index (κ2) is 8.06. The van der Waals surface area contributed by atoms with Gasteiger partial charge in [0.2, 0.25) is 0 Å². The number of ether oxygens (including phenoxy) is 1. The van der Waals surface area contributed by atoms with E-state index in [0.29, 0.717) is 28.9 Å². The lowest BCUT2D eigenvalue weighted by atomic mass is 9.83. The molecule has 0 radical (unpaired) electrons. The molecule has 2 atom stereocenters. The van der Waals surface area contributed by atoms with Crippen molar-refractivity contribution < 1.29 is 13.9 Å². The van der Waals surface area contributed by atoms with Crippen molar-refractivity contribution in [2.24, 2.45) is 5.92 Å². The van der Waals surface area contributed by atoms with Gasteiger partial charge in [-0.15, -0.1) is 0 Å². The molecule has 0 aliphatic carbocycles. The summed E-state index contributed by atoms with van der Waals surface area (Å²) >= 11 is 0. The van der Waals surface area contributed by atoms with Crippen LogP contribution in [0, 0.1) is 5.92 Å². The zero-order valence-corrected chi connectivity index (χ0v) is 18.7. The largest absolute Gasteiger partial charge is 0.493 e. The lowest BCUT2D eigenvalue weighted by molar-refractivity contribution is 0.0998. The molecule has 1 amide bonds. The maximum absolute atomic E-state index is 12.7. The van der Waals surface area contributed by atoms with E-state index >= 15 is 0 Å². The Hall–Kier alpha value is -4.07. The lowest BCUT2D eigenvalue weighted by Gasteiger charge is -2.43. The SMILES string of the molecule is COc1cccc2cc(C(=O)Nc3ccc(N4C[C@@H]5C[C@H](C4)c4cccc(=O)n4C5)nc3)oc12. The van der Waals surface area contributed by atoms with Gasteiger partial charge in [-0.25, -0.2) is 4.98 Å².